The molecule has 0 radical (unpaired) electrons. The minimum absolute atomic E-state index is 0.930. The molecule has 0 aliphatic heterocycles. The third-order valence-electron chi connectivity index (χ3n) is 8.81. The maximum Gasteiger partial charge on any atom is -0.00161 e. The fraction of sp³-hybridized carbons (Fsp3) is 0.946. The van der Waals surface area contributed by atoms with Gasteiger partial charge in [-0.15, -0.1) is 0 Å². The first kappa shape index (κ1) is 37.7. The van der Waals surface area contributed by atoms with Crippen molar-refractivity contribution < 1.29 is 0 Å². The van der Waals surface area contributed by atoms with E-state index in [0.29, 0.717) is 0 Å². The highest BCUT2D eigenvalue weighted by Gasteiger charge is 2.12. The number of unbranched alkanes of at least 4 members (excludes halogenated alkanes) is 10. The van der Waals surface area contributed by atoms with Crippen molar-refractivity contribution in [2.45, 2.75) is 189 Å². The van der Waals surface area contributed by atoms with Gasteiger partial charge >= 0.3 is 0 Å². The topological polar surface area (TPSA) is 3.24 Å². The summed E-state index contributed by atoms with van der Waals surface area (Å²) in [6.07, 6.45) is 37.3. The second-order valence-corrected chi connectivity index (χ2v) is 13.0. The molecule has 0 saturated heterocycles. The Bertz CT molecular complexity index is 463. The molecule has 0 aliphatic rings. The summed E-state index contributed by atoms with van der Waals surface area (Å²) in [6.45, 7) is 18.1. The van der Waals surface area contributed by atoms with Gasteiger partial charge in [-0.1, -0.05) is 163 Å². The molecule has 0 fully saturated rings. The number of hydrogen-bond acceptors (Lipinski definition) is 1. The third-order valence-corrected chi connectivity index (χ3v) is 8.81. The first-order valence-electron chi connectivity index (χ1n) is 17.9. The summed E-state index contributed by atoms with van der Waals surface area (Å²) >= 11 is 0. The molecule has 0 rings (SSSR count). The van der Waals surface area contributed by atoms with Crippen molar-refractivity contribution in [3.8, 4) is 0 Å². The van der Waals surface area contributed by atoms with Crippen LogP contribution in [0.3, 0.4) is 0 Å². The van der Waals surface area contributed by atoms with Gasteiger partial charge < -0.3 is 4.90 Å². The molecule has 0 aromatic rings. The lowest BCUT2D eigenvalue weighted by Crippen LogP contribution is -2.28. The van der Waals surface area contributed by atoms with Gasteiger partial charge in [0.15, 0.2) is 0 Å². The Morgan fingerprint density at radius 3 is 1.50 bits per heavy atom. The quantitative estimate of drug-likeness (QED) is 0.0655. The summed E-state index contributed by atoms with van der Waals surface area (Å²) in [6, 6.07) is 0. The van der Waals surface area contributed by atoms with Crippen LogP contribution in [0.1, 0.15) is 189 Å². The molecule has 0 bridgehead atoms. The first-order valence-corrected chi connectivity index (χ1v) is 17.9. The second-order valence-electron chi connectivity index (χ2n) is 13.0. The Labute approximate surface area is 243 Å². The molecule has 3 atom stereocenters. The van der Waals surface area contributed by atoms with Gasteiger partial charge in [0.2, 0.25) is 0 Å². The summed E-state index contributed by atoms with van der Waals surface area (Å²) in [5, 5.41) is 0. The molecule has 0 aromatic carbocycles. The maximum absolute atomic E-state index is 2.74. The minimum Gasteiger partial charge on any atom is -0.303 e. The molecule has 0 N–H and O–H groups in total. The molecule has 0 aromatic heterocycles. The predicted molar refractivity (Wildman–Crippen MR) is 176 cm³/mol. The van der Waals surface area contributed by atoms with Crippen LogP contribution >= 0.6 is 0 Å². The fourth-order valence-electron chi connectivity index (χ4n) is 6.26. The van der Waals surface area contributed by atoms with E-state index in [2.05, 4.69) is 58.6 Å². The van der Waals surface area contributed by atoms with E-state index in [9.17, 15) is 0 Å². The van der Waals surface area contributed by atoms with E-state index in [1.165, 1.54) is 167 Å². The molecular weight excluding hydrogens is 458 g/mol. The summed E-state index contributed by atoms with van der Waals surface area (Å²) in [5.74, 6) is 2.83. The van der Waals surface area contributed by atoms with Gasteiger partial charge in [-0.05, 0) is 75.9 Å². The smallest absolute Gasteiger partial charge is 0.00161 e. The van der Waals surface area contributed by atoms with E-state index >= 15 is 0 Å². The van der Waals surface area contributed by atoms with Crippen LogP contribution < -0.4 is 0 Å². The van der Waals surface area contributed by atoms with Crippen molar-refractivity contribution in [2.24, 2.45) is 17.8 Å². The van der Waals surface area contributed by atoms with Crippen molar-refractivity contribution in [3.05, 3.63) is 12.2 Å². The van der Waals surface area contributed by atoms with Crippen molar-refractivity contribution >= 4 is 0 Å². The average molecular weight is 534 g/mol. The molecule has 0 heterocycles. The van der Waals surface area contributed by atoms with Crippen molar-refractivity contribution in [1.29, 1.82) is 0 Å². The van der Waals surface area contributed by atoms with Gasteiger partial charge in [0.25, 0.3) is 0 Å². The van der Waals surface area contributed by atoms with Gasteiger partial charge in [-0.25, -0.2) is 0 Å². The molecule has 38 heavy (non-hydrogen) atoms. The van der Waals surface area contributed by atoms with Crippen molar-refractivity contribution in [2.75, 3.05) is 19.6 Å². The molecular formula is C37H75N. The van der Waals surface area contributed by atoms with Crippen LogP contribution in [0.4, 0.5) is 0 Å². The lowest BCUT2D eigenvalue weighted by Gasteiger charge is -2.24. The SMILES string of the molecule is CC/C=C/CCCCCCCCCCC(CCCCCC(C)CCC(C)CCC)CCN(CCC)CCC. The van der Waals surface area contributed by atoms with Crippen LogP contribution in [0.5, 0.6) is 0 Å². The second kappa shape index (κ2) is 29.7. The largest absolute Gasteiger partial charge is 0.303 e. The summed E-state index contributed by atoms with van der Waals surface area (Å²) in [5.41, 5.74) is 0. The lowest BCUT2D eigenvalue weighted by molar-refractivity contribution is 0.240. The molecule has 1 nitrogen and oxygen atoms in total. The highest BCUT2D eigenvalue weighted by atomic mass is 15.1. The zero-order valence-corrected chi connectivity index (χ0v) is 27.7. The number of hydrogen-bond donors (Lipinski definition) is 0. The molecule has 0 amide bonds. The highest BCUT2D eigenvalue weighted by molar-refractivity contribution is 4.79. The Morgan fingerprint density at radius 2 is 0.947 bits per heavy atom. The normalized spacial score (nSPS) is 14.5. The average Bonchev–Trinajstić information content (AvgIpc) is 2.90. The van der Waals surface area contributed by atoms with E-state index in [1.54, 1.807) is 0 Å². The fourth-order valence-corrected chi connectivity index (χ4v) is 6.26. The van der Waals surface area contributed by atoms with Crippen LogP contribution in [-0.2, 0) is 0 Å². The highest BCUT2D eigenvalue weighted by Crippen LogP contribution is 2.24. The monoisotopic (exact) mass is 534 g/mol. The number of rotatable bonds is 30. The summed E-state index contributed by atoms with van der Waals surface area (Å²) in [7, 11) is 0. The van der Waals surface area contributed by atoms with Crippen LogP contribution in [0.25, 0.3) is 0 Å². The molecule has 228 valence electrons. The van der Waals surface area contributed by atoms with E-state index in [0.717, 1.165) is 17.8 Å². The number of allylic oxidation sites excluding steroid dienone is 2. The molecule has 0 aliphatic carbocycles. The molecule has 3 unspecified atom stereocenters. The predicted octanol–water partition coefficient (Wildman–Crippen LogP) is 12.8. The molecule has 1 heteroatoms. The maximum atomic E-state index is 2.74. The van der Waals surface area contributed by atoms with Crippen LogP contribution in [0, 0.1) is 17.8 Å². The zero-order valence-electron chi connectivity index (χ0n) is 27.7. The Morgan fingerprint density at radius 1 is 0.447 bits per heavy atom. The summed E-state index contributed by atoms with van der Waals surface area (Å²) in [4.78, 5) is 2.74. The lowest BCUT2D eigenvalue weighted by atomic mass is 9.89. The van der Waals surface area contributed by atoms with Crippen molar-refractivity contribution in [1.82, 2.24) is 4.90 Å². The van der Waals surface area contributed by atoms with Gasteiger partial charge in [0.05, 0.1) is 0 Å². The van der Waals surface area contributed by atoms with Crippen LogP contribution in [0.2, 0.25) is 0 Å². The van der Waals surface area contributed by atoms with Gasteiger partial charge in [0.1, 0.15) is 0 Å². The van der Waals surface area contributed by atoms with E-state index in [1.807, 2.05) is 0 Å². The van der Waals surface area contributed by atoms with E-state index < -0.39 is 0 Å². The summed E-state index contributed by atoms with van der Waals surface area (Å²) < 4.78 is 0. The van der Waals surface area contributed by atoms with E-state index in [4.69, 9.17) is 0 Å². The first-order chi connectivity index (χ1) is 18.6. The Kier molecular flexibility index (Phi) is 29.4. The van der Waals surface area contributed by atoms with E-state index in [-0.39, 0.29) is 0 Å². The molecule has 0 saturated carbocycles. The molecule has 0 spiro atoms. The van der Waals surface area contributed by atoms with Gasteiger partial charge in [-0.2, -0.15) is 0 Å². The number of nitrogens with zero attached hydrogens (tertiary/aromatic N) is 1. The Balaban J connectivity index is 4.16. The van der Waals surface area contributed by atoms with Crippen LogP contribution in [0.15, 0.2) is 12.2 Å². The van der Waals surface area contributed by atoms with Crippen LogP contribution in [-0.4, -0.2) is 24.5 Å². The third kappa shape index (κ3) is 26.0. The van der Waals surface area contributed by atoms with Crippen molar-refractivity contribution in [3.63, 3.8) is 0 Å². The standard InChI is InChI=1S/C37H75N/c1-7-11-12-13-14-15-16-17-18-19-20-23-27-37(31-34-38(32-9-3)33-10-4)28-24-21-22-26-36(6)30-29-35(5)25-8-2/h11-12,35-37H,7-10,13-34H2,1-6H3/b12-11+. The zero-order chi connectivity index (χ0) is 28.1. The minimum atomic E-state index is 0.930. The van der Waals surface area contributed by atoms with Gasteiger partial charge in [-0.3, -0.25) is 0 Å². The van der Waals surface area contributed by atoms with Gasteiger partial charge in [0, 0.05) is 0 Å². The Hall–Kier alpha value is -0.300.